The molecule has 24 heavy (non-hydrogen) atoms. The summed E-state index contributed by atoms with van der Waals surface area (Å²) >= 11 is 0. The first-order valence-electron chi connectivity index (χ1n) is 8.01. The molecule has 0 spiro atoms. The van der Waals surface area contributed by atoms with E-state index in [0.29, 0.717) is 17.9 Å². The molecular weight excluding hydrogens is 302 g/mol. The number of phenolic OH excluding ortho intramolecular Hbond substituents is 1. The summed E-state index contributed by atoms with van der Waals surface area (Å²) in [7, 11) is 1.84. The molecule has 4 heteroatoms. The highest BCUT2D eigenvalue weighted by Gasteiger charge is 2.07. The second-order valence-electron chi connectivity index (χ2n) is 5.55. The van der Waals surface area contributed by atoms with Crippen LogP contribution in [0.5, 0.6) is 11.5 Å². The number of aryl methyl sites for hydroxylation is 1. The number of rotatable bonds is 7. The highest BCUT2D eigenvalue weighted by molar-refractivity contribution is 6.07. The van der Waals surface area contributed by atoms with Gasteiger partial charge in [-0.15, -0.1) is 0 Å². The van der Waals surface area contributed by atoms with Crippen LogP contribution in [0.1, 0.15) is 34.8 Å². The summed E-state index contributed by atoms with van der Waals surface area (Å²) < 4.78 is 5.66. The number of ketones is 1. The summed E-state index contributed by atoms with van der Waals surface area (Å²) in [5.41, 5.74) is 3.10. The van der Waals surface area contributed by atoms with Gasteiger partial charge in [0.1, 0.15) is 11.5 Å². The normalized spacial score (nSPS) is 10.8. The number of benzene rings is 2. The van der Waals surface area contributed by atoms with Gasteiger partial charge in [0.25, 0.3) is 0 Å². The highest BCUT2D eigenvalue weighted by Crippen LogP contribution is 2.29. The Hall–Kier alpha value is -2.75. The smallest absolute Gasteiger partial charge is 0.185 e. The van der Waals surface area contributed by atoms with E-state index in [4.69, 9.17) is 4.74 Å². The van der Waals surface area contributed by atoms with Crippen LogP contribution < -0.4 is 10.1 Å². The van der Waals surface area contributed by atoms with E-state index in [0.717, 1.165) is 23.2 Å². The SMILES string of the molecule is CCCOc1cc(O)c(C)cc1C=CC(=O)c1ccc(NC)cc1. The fourth-order valence-electron chi connectivity index (χ4n) is 2.23. The molecule has 2 N–H and O–H groups in total. The first-order chi connectivity index (χ1) is 11.5. The van der Waals surface area contributed by atoms with Gasteiger partial charge in [0.2, 0.25) is 0 Å². The molecule has 0 aliphatic heterocycles. The predicted octanol–water partition coefficient (Wildman–Crippen LogP) is 4.43. The van der Waals surface area contributed by atoms with Crippen molar-refractivity contribution < 1.29 is 14.6 Å². The van der Waals surface area contributed by atoms with E-state index in [1.807, 2.05) is 39.1 Å². The summed E-state index contributed by atoms with van der Waals surface area (Å²) in [6.45, 7) is 4.39. The lowest BCUT2D eigenvalue weighted by atomic mass is 10.1. The van der Waals surface area contributed by atoms with Crippen molar-refractivity contribution in [1.29, 1.82) is 0 Å². The molecule has 2 aromatic rings. The largest absolute Gasteiger partial charge is 0.508 e. The van der Waals surface area contributed by atoms with E-state index < -0.39 is 0 Å². The average molecular weight is 325 g/mol. The number of hydrogen-bond acceptors (Lipinski definition) is 4. The van der Waals surface area contributed by atoms with Crippen molar-refractivity contribution in [3.05, 3.63) is 59.2 Å². The quantitative estimate of drug-likeness (QED) is 0.584. The maximum absolute atomic E-state index is 12.3. The van der Waals surface area contributed by atoms with Crippen LogP contribution in [0.3, 0.4) is 0 Å². The van der Waals surface area contributed by atoms with Crippen LogP contribution in [0.4, 0.5) is 5.69 Å². The Labute approximate surface area is 142 Å². The van der Waals surface area contributed by atoms with Crippen molar-refractivity contribution >= 4 is 17.5 Å². The number of anilines is 1. The first-order valence-corrected chi connectivity index (χ1v) is 8.01. The van der Waals surface area contributed by atoms with Crippen LogP contribution in [0, 0.1) is 6.92 Å². The number of nitrogens with one attached hydrogen (secondary N) is 1. The third-order valence-corrected chi connectivity index (χ3v) is 3.66. The van der Waals surface area contributed by atoms with Gasteiger partial charge < -0.3 is 15.2 Å². The van der Waals surface area contributed by atoms with Gasteiger partial charge >= 0.3 is 0 Å². The summed E-state index contributed by atoms with van der Waals surface area (Å²) in [6.07, 6.45) is 4.12. The molecule has 0 amide bonds. The third kappa shape index (κ3) is 4.38. The molecular formula is C20H23NO3. The molecule has 0 saturated heterocycles. The van der Waals surface area contributed by atoms with Crippen molar-refractivity contribution in [3.8, 4) is 11.5 Å². The van der Waals surface area contributed by atoms with Crippen molar-refractivity contribution in [2.24, 2.45) is 0 Å². The molecule has 4 nitrogen and oxygen atoms in total. The number of aromatic hydroxyl groups is 1. The van der Waals surface area contributed by atoms with Gasteiger partial charge in [0, 0.05) is 29.9 Å². The number of carbonyl (C=O) groups is 1. The molecule has 2 rings (SSSR count). The molecule has 0 radical (unpaired) electrons. The van der Waals surface area contributed by atoms with E-state index in [-0.39, 0.29) is 11.5 Å². The van der Waals surface area contributed by atoms with Crippen LogP contribution in [0.25, 0.3) is 6.08 Å². The number of ether oxygens (including phenoxy) is 1. The van der Waals surface area contributed by atoms with E-state index in [1.165, 1.54) is 6.08 Å². The van der Waals surface area contributed by atoms with Gasteiger partial charge in [-0.2, -0.15) is 0 Å². The molecule has 0 aliphatic rings. The zero-order valence-electron chi connectivity index (χ0n) is 14.3. The maximum atomic E-state index is 12.3. The summed E-state index contributed by atoms with van der Waals surface area (Å²) in [6, 6.07) is 10.7. The second-order valence-corrected chi connectivity index (χ2v) is 5.55. The van der Waals surface area contributed by atoms with E-state index in [9.17, 15) is 9.90 Å². The minimum absolute atomic E-state index is 0.0789. The number of carbonyl (C=O) groups excluding carboxylic acids is 1. The Morgan fingerprint density at radius 2 is 1.96 bits per heavy atom. The molecule has 0 bridgehead atoms. The summed E-state index contributed by atoms with van der Waals surface area (Å²) in [4.78, 5) is 12.3. The average Bonchev–Trinajstić information content (AvgIpc) is 2.60. The topological polar surface area (TPSA) is 58.6 Å². The lowest BCUT2D eigenvalue weighted by Gasteiger charge is -2.10. The zero-order chi connectivity index (χ0) is 17.5. The van der Waals surface area contributed by atoms with Crippen molar-refractivity contribution in [1.82, 2.24) is 0 Å². The molecule has 0 aliphatic carbocycles. The Morgan fingerprint density at radius 3 is 2.58 bits per heavy atom. The van der Waals surface area contributed by atoms with Crippen LogP contribution in [0.2, 0.25) is 0 Å². The van der Waals surface area contributed by atoms with Crippen LogP contribution in [-0.2, 0) is 0 Å². The predicted molar refractivity (Wildman–Crippen MR) is 98.0 cm³/mol. The van der Waals surface area contributed by atoms with Gasteiger partial charge in [-0.25, -0.2) is 0 Å². The lowest BCUT2D eigenvalue weighted by Crippen LogP contribution is -1.98. The minimum atomic E-state index is -0.0789. The third-order valence-electron chi connectivity index (χ3n) is 3.66. The molecule has 0 fully saturated rings. The Bertz CT molecular complexity index is 733. The van der Waals surface area contributed by atoms with Gasteiger partial charge in [-0.1, -0.05) is 6.92 Å². The van der Waals surface area contributed by atoms with Crippen LogP contribution in [0.15, 0.2) is 42.5 Å². The Balaban J connectivity index is 2.22. The Kier molecular flexibility index (Phi) is 6.01. The monoisotopic (exact) mass is 325 g/mol. The second kappa shape index (κ2) is 8.20. The molecule has 0 saturated carbocycles. The molecule has 0 atom stereocenters. The maximum Gasteiger partial charge on any atom is 0.185 e. The van der Waals surface area contributed by atoms with Gasteiger partial charge in [0.05, 0.1) is 6.61 Å². The van der Waals surface area contributed by atoms with Crippen LogP contribution >= 0.6 is 0 Å². The molecule has 126 valence electrons. The van der Waals surface area contributed by atoms with Crippen molar-refractivity contribution in [2.45, 2.75) is 20.3 Å². The highest BCUT2D eigenvalue weighted by atomic mass is 16.5. The number of hydrogen-bond donors (Lipinski definition) is 2. The lowest BCUT2D eigenvalue weighted by molar-refractivity contribution is 0.104. The number of allylic oxidation sites excluding steroid dienone is 1. The van der Waals surface area contributed by atoms with Gasteiger partial charge in [-0.3, -0.25) is 4.79 Å². The molecule has 0 aromatic heterocycles. The first kappa shape index (κ1) is 17.6. The van der Waals surface area contributed by atoms with Crippen molar-refractivity contribution in [2.75, 3.05) is 19.0 Å². The molecule has 0 unspecified atom stereocenters. The fourth-order valence-corrected chi connectivity index (χ4v) is 2.23. The van der Waals surface area contributed by atoms with E-state index in [1.54, 1.807) is 24.3 Å². The summed E-state index contributed by atoms with van der Waals surface area (Å²) in [5, 5.41) is 12.9. The fraction of sp³-hybridized carbons (Fsp3) is 0.250. The Morgan fingerprint density at radius 1 is 1.25 bits per heavy atom. The van der Waals surface area contributed by atoms with E-state index >= 15 is 0 Å². The zero-order valence-corrected chi connectivity index (χ0v) is 14.3. The minimum Gasteiger partial charge on any atom is -0.508 e. The standard InChI is InChI=1S/C20H23NO3/c1-4-11-24-20-13-19(23)14(2)12-16(20)7-10-18(22)15-5-8-17(21-3)9-6-15/h5-10,12-13,21,23H,4,11H2,1-3H3. The van der Waals surface area contributed by atoms with Gasteiger partial charge in [-0.05, 0) is 61.4 Å². The molecule has 2 aromatic carbocycles. The van der Waals surface area contributed by atoms with Crippen molar-refractivity contribution in [3.63, 3.8) is 0 Å². The number of phenols is 1. The molecule has 0 heterocycles. The van der Waals surface area contributed by atoms with Crippen LogP contribution in [-0.4, -0.2) is 24.5 Å². The van der Waals surface area contributed by atoms with Gasteiger partial charge in [0.15, 0.2) is 5.78 Å². The van der Waals surface area contributed by atoms with E-state index in [2.05, 4.69) is 5.32 Å². The summed E-state index contributed by atoms with van der Waals surface area (Å²) in [5.74, 6) is 0.687.